The minimum absolute atomic E-state index is 0.582. The molecule has 2 N–H and O–H groups in total. The molecule has 0 amide bonds. The summed E-state index contributed by atoms with van der Waals surface area (Å²) < 4.78 is 0. The molecule has 0 saturated heterocycles. The molecule has 0 unspecified atom stereocenters. The summed E-state index contributed by atoms with van der Waals surface area (Å²) in [6, 6.07) is 10.5. The van der Waals surface area contributed by atoms with E-state index in [1.165, 1.54) is 30.7 Å². The largest absolute Gasteiger partial charge is 0.377 e. The second-order valence-electron chi connectivity index (χ2n) is 4.96. The fourth-order valence-corrected chi connectivity index (χ4v) is 2.74. The van der Waals surface area contributed by atoms with E-state index in [-0.39, 0.29) is 0 Å². The van der Waals surface area contributed by atoms with Crippen molar-refractivity contribution < 1.29 is 0 Å². The van der Waals surface area contributed by atoms with E-state index in [2.05, 4.69) is 52.5 Å². The molecular formula is C15H22N4S. The summed E-state index contributed by atoms with van der Waals surface area (Å²) in [6.07, 6.45) is 4.65. The summed E-state index contributed by atoms with van der Waals surface area (Å²) in [7, 11) is 2.15. The minimum atomic E-state index is 0.582. The molecule has 0 aromatic heterocycles. The van der Waals surface area contributed by atoms with E-state index in [0.717, 1.165) is 18.7 Å². The number of nitrogens with zero attached hydrogens (tertiary/aromatic N) is 3. The SMILES string of the molecule is CN(CCCCCC1=NN=C(N)SC1)c1ccccc1. The Kier molecular flexibility index (Phi) is 5.92. The molecule has 1 aromatic rings. The molecule has 20 heavy (non-hydrogen) atoms. The van der Waals surface area contributed by atoms with E-state index in [9.17, 15) is 0 Å². The maximum Gasteiger partial charge on any atom is 0.180 e. The number of hydrogen-bond donors (Lipinski definition) is 1. The molecule has 0 saturated carbocycles. The van der Waals surface area contributed by atoms with E-state index in [0.29, 0.717) is 5.17 Å². The summed E-state index contributed by atoms with van der Waals surface area (Å²) in [6.45, 7) is 1.09. The second kappa shape index (κ2) is 7.94. The van der Waals surface area contributed by atoms with Crippen molar-refractivity contribution in [1.29, 1.82) is 0 Å². The van der Waals surface area contributed by atoms with Crippen LogP contribution in [0.25, 0.3) is 0 Å². The average molecular weight is 290 g/mol. The first-order valence-corrected chi connectivity index (χ1v) is 8.02. The number of unbranched alkanes of at least 4 members (excludes halogenated alkanes) is 2. The van der Waals surface area contributed by atoms with Crippen LogP contribution >= 0.6 is 11.8 Å². The summed E-state index contributed by atoms with van der Waals surface area (Å²) in [5.41, 5.74) is 8.01. The Morgan fingerprint density at radius 1 is 1.15 bits per heavy atom. The molecule has 108 valence electrons. The summed E-state index contributed by atoms with van der Waals surface area (Å²) in [5.74, 6) is 0.902. The van der Waals surface area contributed by atoms with Crippen LogP contribution in [-0.4, -0.2) is 30.2 Å². The van der Waals surface area contributed by atoms with Gasteiger partial charge in [-0.05, 0) is 31.4 Å². The zero-order valence-corrected chi connectivity index (χ0v) is 12.8. The van der Waals surface area contributed by atoms with Gasteiger partial charge in [-0.2, -0.15) is 5.10 Å². The summed E-state index contributed by atoms with van der Waals surface area (Å²) in [5, 5.41) is 8.64. The van der Waals surface area contributed by atoms with Crippen molar-refractivity contribution in [3.63, 3.8) is 0 Å². The number of hydrogen-bond acceptors (Lipinski definition) is 5. The molecule has 0 atom stereocenters. The molecule has 4 nitrogen and oxygen atoms in total. The van der Waals surface area contributed by atoms with Crippen molar-refractivity contribution in [2.24, 2.45) is 15.9 Å². The van der Waals surface area contributed by atoms with Gasteiger partial charge in [0.05, 0.1) is 5.71 Å². The molecule has 1 heterocycles. The molecule has 1 aromatic carbocycles. The van der Waals surface area contributed by atoms with Crippen LogP contribution < -0.4 is 10.6 Å². The van der Waals surface area contributed by atoms with Crippen LogP contribution in [0.2, 0.25) is 0 Å². The van der Waals surface area contributed by atoms with Gasteiger partial charge in [0.15, 0.2) is 5.17 Å². The molecule has 0 spiro atoms. The monoisotopic (exact) mass is 290 g/mol. The lowest BCUT2D eigenvalue weighted by molar-refractivity contribution is 0.686. The Morgan fingerprint density at radius 2 is 1.95 bits per heavy atom. The normalized spacial score (nSPS) is 14.7. The van der Waals surface area contributed by atoms with E-state index in [4.69, 9.17) is 5.73 Å². The van der Waals surface area contributed by atoms with Crippen LogP contribution in [0.4, 0.5) is 5.69 Å². The van der Waals surface area contributed by atoms with Crippen LogP contribution in [0.1, 0.15) is 25.7 Å². The molecule has 2 rings (SSSR count). The quantitative estimate of drug-likeness (QED) is 0.785. The van der Waals surface area contributed by atoms with Crippen LogP contribution in [-0.2, 0) is 0 Å². The van der Waals surface area contributed by atoms with Crippen LogP contribution in [0, 0.1) is 0 Å². The molecule has 0 radical (unpaired) electrons. The minimum Gasteiger partial charge on any atom is -0.377 e. The first-order valence-electron chi connectivity index (χ1n) is 7.03. The lowest BCUT2D eigenvalue weighted by Crippen LogP contribution is -2.18. The van der Waals surface area contributed by atoms with Gasteiger partial charge in [0.1, 0.15) is 0 Å². The van der Waals surface area contributed by atoms with Crippen molar-refractivity contribution in [3.05, 3.63) is 30.3 Å². The third-order valence-corrected chi connectivity index (χ3v) is 4.19. The van der Waals surface area contributed by atoms with Gasteiger partial charge in [0, 0.05) is 25.0 Å². The maximum absolute atomic E-state index is 5.56. The van der Waals surface area contributed by atoms with Gasteiger partial charge < -0.3 is 10.6 Å². The number of para-hydroxylation sites is 1. The van der Waals surface area contributed by atoms with E-state index < -0.39 is 0 Å². The third-order valence-electron chi connectivity index (χ3n) is 3.33. The van der Waals surface area contributed by atoms with E-state index >= 15 is 0 Å². The fourth-order valence-electron chi connectivity index (χ4n) is 2.12. The lowest BCUT2D eigenvalue weighted by atomic mass is 10.1. The standard InChI is InChI=1S/C15H22N4S/c1-19(14-9-5-2-6-10-14)11-7-3-4-8-13-12-20-15(16)18-17-13/h2,5-6,9-10H,3-4,7-8,11-12H2,1H3,(H2,16,18). The second-order valence-corrected chi connectivity index (χ2v) is 5.96. The van der Waals surface area contributed by atoms with Gasteiger partial charge in [0.2, 0.25) is 0 Å². The van der Waals surface area contributed by atoms with Crippen molar-refractivity contribution >= 4 is 28.3 Å². The van der Waals surface area contributed by atoms with Crippen molar-refractivity contribution in [2.45, 2.75) is 25.7 Å². The predicted octanol–water partition coefficient (Wildman–Crippen LogP) is 3.10. The molecule has 0 fully saturated rings. The maximum atomic E-state index is 5.56. The van der Waals surface area contributed by atoms with Crippen LogP contribution in [0.3, 0.4) is 0 Å². The number of nitrogens with two attached hydrogens (primary N) is 1. The summed E-state index contributed by atoms with van der Waals surface area (Å²) >= 11 is 1.58. The first-order chi connectivity index (χ1) is 9.75. The van der Waals surface area contributed by atoms with E-state index in [1.54, 1.807) is 11.8 Å². The molecule has 0 aliphatic carbocycles. The van der Waals surface area contributed by atoms with Gasteiger partial charge >= 0.3 is 0 Å². The molecule has 5 heteroatoms. The van der Waals surface area contributed by atoms with Crippen molar-refractivity contribution in [3.8, 4) is 0 Å². The Labute approximate surface area is 125 Å². The van der Waals surface area contributed by atoms with Gasteiger partial charge in [-0.25, -0.2) is 0 Å². The molecular weight excluding hydrogens is 268 g/mol. The Bertz CT molecular complexity index is 470. The molecule has 1 aliphatic heterocycles. The van der Waals surface area contributed by atoms with Crippen LogP contribution in [0.15, 0.2) is 40.5 Å². The third kappa shape index (κ3) is 4.89. The molecule has 1 aliphatic rings. The number of rotatable bonds is 7. The smallest absolute Gasteiger partial charge is 0.180 e. The Morgan fingerprint density at radius 3 is 2.65 bits per heavy atom. The highest BCUT2D eigenvalue weighted by Gasteiger charge is 2.07. The number of amidine groups is 1. The highest BCUT2D eigenvalue weighted by atomic mass is 32.2. The van der Waals surface area contributed by atoms with Gasteiger partial charge in [-0.3, -0.25) is 0 Å². The van der Waals surface area contributed by atoms with Gasteiger partial charge in [-0.15, -0.1) is 5.10 Å². The zero-order valence-electron chi connectivity index (χ0n) is 12.0. The highest BCUT2D eigenvalue weighted by Crippen LogP contribution is 2.14. The Balaban J connectivity index is 1.60. The zero-order chi connectivity index (χ0) is 14.2. The lowest BCUT2D eigenvalue weighted by Gasteiger charge is -2.19. The predicted molar refractivity (Wildman–Crippen MR) is 89.7 cm³/mol. The van der Waals surface area contributed by atoms with Gasteiger partial charge in [0.25, 0.3) is 0 Å². The number of anilines is 1. The number of thioether (sulfide) groups is 1. The summed E-state index contributed by atoms with van der Waals surface area (Å²) in [4.78, 5) is 2.30. The van der Waals surface area contributed by atoms with Gasteiger partial charge in [-0.1, -0.05) is 36.4 Å². The van der Waals surface area contributed by atoms with Crippen molar-refractivity contribution in [1.82, 2.24) is 0 Å². The number of benzene rings is 1. The van der Waals surface area contributed by atoms with Crippen molar-refractivity contribution in [2.75, 3.05) is 24.2 Å². The first kappa shape index (κ1) is 14.9. The topological polar surface area (TPSA) is 54.0 Å². The van der Waals surface area contributed by atoms with Crippen LogP contribution in [0.5, 0.6) is 0 Å². The van der Waals surface area contributed by atoms with E-state index in [1.807, 2.05) is 0 Å². The molecule has 0 bridgehead atoms. The fraction of sp³-hybridized carbons (Fsp3) is 0.467. The Hall–Kier alpha value is -1.49. The average Bonchev–Trinajstić information content (AvgIpc) is 2.49. The highest BCUT2D eigenvalue weighted by molar-refractivity contribution is 8.14.